The van der Waals surface area contributed by atoms with Crippen LogP contribution in [0, 0.1) is 13.8 Å². The summed E-state index contributed by atoms with van der Waals surface area (Å²) in [4.78, 5) is 8.88. The van der Waals surface area contributed by atoms with E-state index in [2.05, 4.69) is 31.2 Å². The highest BCUT2D eigenvalue weighted by Gasteiger charge is 2.24. The van der Waals surface area contributed by atoms with Crippen LogP contribution in [0.2, 0.25) is 0 Å². The van der Waals surface area contributed by atoms with Crippen LogP contribution in [0.5, 0.6) is 0 Å². The van der Waals surface area contributed by atoms with Gasteiger partial charge in [-0.15, -0.1) is 0 Å². The van der Waals surface area contributed by atoms with Crippen molar-refractivity contribution in [2.45, 2.75) is 31.6 Å². The third-order valence-corrected chi connectivity index (χ3v) is 7.28. The fourth-order valence-corrected chi connectivity index (χ4v) is 5.66. The number of nitrogens with one attached hydrogen (secondary N) is 2. The van der Waals surface area contributed by atoms with E-state index in [0.29, 0.717) is 23.1 Å². The minimum absolute atomic E-state index is 0.237. The summed E-state index contributed by atoms with van der Waals surface area (Å²) < 4.78 is 30.5. The average Bonchev–Trinajstić information content (AvgIpc) is 3.36. The second-order valence-corrected chi connectivity index (χ2v) is 9.72. The maximum Gasteiger partial charge on any atom is 0.240 e. The van der Waals surface area contributed by atoms with Gasteiger partial charge in [-0.25, -0.2) is 27.8 Å². The molecule has 0 saturated carbocycles. The van der Waals surface area contributed by atoms with Crippen molar-refractivity contribution < 1.29 is 8.42 Å². The first-order valence-corrected chi connectivity index (χ1v) is 12.0. The number of aryl methyl sites for hydroxylation is 4. The standard InChI is InChI=1S/C23H24N6O2S/c1-15-12-16(2)29(28-15)22-13-21(25-14-26-22)24-10-11-27-32(30,31)20-9-7-18-5-3-4-17-6-8-19(20)23(17)18/h3-5,7,9,12-14,27H,6,8,10-11H2,1-2H3,(H,24,25,26). The molecule has 0 bridgehead atoms. The molecule has 0 spiro atoms. The van der Waals surface area contributed by atoms with Crippen LogP contribution in [-0.4, -0.2) is 41.3 Å². The van der Waals surface area contributed by atoms with Crippen molar-refractivity contribution in [1.29, 1.82) is 0 Å². The molecule has 2 aromatic heterocycles. The van der Waals surface area contributed by atoms with Crippen LogP contribution in [0.4, 0.5) is 5.82 Å². The van der Waals surface area contributed by atoms with Crippen molar-refractivity contribution in [2.24, 2.45) is 0 Å². The fraction of sp³-hybridized carbons (Fsp3) is 0.261. The van der Waals surface area contributed by atoms with Crippen molar-refractivity contribution in [2.75, 3.05) is 18.4 Å². The molecule has 1 aliphatic carbocycles. The molecule has 0 amide bonds. The largest absolute Gasteiger partial charge is 0.369 e. The van der Waals surface area contributed by atoms with Gasteiger partial charge in [-0.3, -0.25) is 0 Å². The minimum Gasteiger partial charge on any atom is -0.369 e. The SMILES string of the molecule is Cc1cc(C)n(-c2cc(NCCNS(=O)(=O)c3ccc4cccc5c4c3CC5)ncn2)n1. The van der Waals surface area contributed by atoms with Gasteiger partial charge >= 0.3 is 0 Å². The molecular weight excluding hydrogens is 424 g/mol. The van der Waals surface area contributed by atoms with Crippen LogP contribution < -0.4 is 10.0 Å². The van der Waals surface area contributed by atoms with Gasteiger partial charge in [0.15, 0.2) is 5.82 Å². The summed E-state index contributed by atoms with van der Waals surface area (Å²) >= 11 is 0. The van der Waals surface area contributed by atoms with Gasteiger partial charge in [0.05, 0.1) is 10.6 Å². The van der Waals surface area contributed by atoms with Crippen LogP contribution in [-0.2, 0) is 22.9 Å². The van der Waals surface area contributed by atoms with Gasteiger partial charge in [-0.05, 0) is 60.7 Å². The predicted octanol–water partition coefficient (Wildman–Crippen LogP) is 2.92. The van der Waals surface area contributed by atoms with Crippen molar-refractivity contribution in [3.63, 3.8) is 0 Å². The first-order chi connectivity index (χ1) is 15.4. The number of nitrogens with zero attached hydrogens (tertiary/aromatic N) is 4. The van der Waals surface area contributed by atoms with E-state index in [-0.39, 0.29) is 6.54 Å². The number of hydrogen-bond donors (Lipinski definition) is 2. The van der Waals surface area contributed by atoms with Gasteiger partial charge < -0.3 is 5.32 Å². The molecule has 9 heteroatoms. The predicted molar refractivity (Wildman–Crippen MR) is 124 cm³/mol. The number of anilines is 1. The van der Waals surface area contributed by atoms with Crippen LogP contribution in [0.3, 0.4) is 0 Å². The van der Waals surface area contributed by atoms with Crippen molar-refractivity contribution >= 4 is 26.6 Å². The molecule has 4 aromatic rings. The zero-order valence-corrected chi connectivity index (χ0v) is 18.8. The Bertz CT molecular complexity index is 1430. The van der Waals surface area contributed by atoms with E-state index in [4.69, 9.17) is 0 Å². The topological polar surface area (TPSA) is 102 Å². The van der Waals surface area contributed by atoms with Crippen LogP contribution in [0.25, 0.3) is 16.6 Å². The highest BCUT2D eigenvalue weighted by atomic mass is 32.2. The maximum atomic E-state index is 13.0. The van der Waals surface area contributed by atoms with Gasteiger partial charge in [0.25, 0.3) is 0 Å². The summed E-state index contributed by atoms with van der Waals surface area (Å²) in [6, 6.07) is 13.5. The van der Waals surface area contributed by atoms with Crippen LogP contribution in [0.1, 0.15) is 22.5 Å². The zero-order valence-electron chi connectivity index (χ0n) is 18.0. The molecule has 0 aliphatic heterocycles. The lowest BCUT2D eigenvalue weighted by Gasteiger charge is -2.12. The smallest absolute Gasteiger partial charge is 0.240 e. The molecule has 2 N–H and O–H groups in total. The molecule has 2 heterocycles. The number of sulfonamides is 1. The van der Waals surface area contributed by atoms with E-state index in [1.165, 1.54) is 11.9 Å². The first kappa shape index (κ1) is 20.6. The highest BCUT2D eigenvalue weighted by molar-refractivity contribution is 7.89. The van der Waals surface area contributed by atoms with E-state index < -0.39 is 10.0 Å². The third-order valence-electron chi connectivity index (χ3n) is 5.73. The van der Waals surface area contributed by atoms with Gasteiger partial charge in [0, 0.05) is 24.8 Å². The summed E-state index contributed by atoms with van der Waals surface area (Å²) in [7, 11) is -3.61. The molecule has 164 valence electrons. The molecule has 0 saturated heterocycles. The van der Waals surface area contributed by atoms with Crippen LogP contribution >= 0.6 is 0 Å². The lowest BCUT2D eigenvalue weighted by molar-refractivity contribution is 0.582. The van der Waals surface area contributed by atoms with Gasteiger partial charge in [-0.2, -0.15) is 5.10 Å². The Hall–Kier alpha value is -3.30. The Balaban J connectivity index is 1.26. The monoisotopic (exact) mass is 448 g/mol. The molecule has 1 aliphatic rings. The molecule has 5 rings (SSSR count). The maximum absolute atomic E-state index is 13.0. The Morgan fingerprint density at radius 2 is 1.91 bits per heavy atom. The quantitative estimate of drug-likeness (QED) is 0.422. The van der Waals surface area contributed by atoms with Gasteiger partial charge in [-0.1, -0.05) is 24.3 Å². The molecule has 0 radical (unpaired) electrons. The summed E-state index contributed by atoms with van der Waals surface area (Å²) in [5.74, 6) is 1.26. The second kappa shape index (κ2) is 7.99. The molecule has 32 heavy (non-hydrogen) atoms. The van der Waals surface area contributed by atoms with Crippen molar-refractivity contribution in [3.8, 4) is 5.82 Å². The number of hydrogen-bond acceptors (Lipinski definition) is 6. The number of aromatic nitrogens is 4. The Morgan fingerprint density at radius 3 is 2.72 bits per heavy atom. The lowest BCUT2D eigenvalue weighted by Crippen LogP contribution is -2.29. The summed E-state index contributed by atoms with van der Waals surface area (Å²) in [6.07, 6.45) is 3.10. The van der Waals surface area contributed by atoms with Crippen molar-refractivity contribution in [3.05, 3.63) is 71.3 Å². The van der Waals surface area contributed by atoms with E-state index in [1.807, 2.05) is 38.1 Å². The van der Waals surface area contributed by atoms with E-state index in [0.717, 1.165) is 40.6 Å². The van der Waals surface area contributed by atoms with E-state index >= 15 is 0 Å². The molecule has 0 fully saturated rings. The highest BCUT2D eigenvalue weighted by Crippen LogP contribution is 2.34. The Kier molecular flexibility index (Phi) is 5.15. The normalized spacial score (nSPS) is 13.1. The van der Waals surface area contributed by atoms with E-state index in [9.17, 15) is 8.42 Å². The second-order valence-electron chi connectivity index (χ2n) is 7.98. The average molecular weight is 449 g/mol. The Labute approximate surface area is 186 Å². The van der Waals surface area contributed by atoms with Gasteiger partial charge in [0.1, 0.15) is 12.1 Å². The summed E-state index contributed by atoms with van der Waals surface area (Å²) in [5.41, 5.74) is 4.03. The minimum atomic E-state index is -3.61. The van der Waals surface area contributed by atoms with Crippen LogP contribution in [0.15, 0.2) is 53.7 Å². The molecule has 2 aromatic carbocycles. The molecular formula is C23H24N6O2S. The van der Waals surface area contributed by atoms with Crippen molar-refractivity contribution in [1.82, 2.24) is 24.5 Å². The lowest BCUT2D eigenvalue weighted by atomic mass is 10.1. The summed E-state index contributed by atoms with van der Waals surface area (Å²) in [5, 5.41) is 9.77. The first-order valence-electron chi connectivity index (χ1n) is 10.5. The third kappa shape index (κ3) is 3.74. The van der Waals surface area contributed by atoms with E-state index in [1.54, 1.807) is 16.8 Å². The number of benzene rings is 2. The summed E-state index contributed by atoms with van der Waals surface area (Å²) in [6.45, 7) is 4.52. The number of rotatable bonds is 7. The molecule has 8 nitrogen and oxygen atoms in total. The van der Waals surface area contributed by atoms with Gasteiger partial charge in [0.2, 0.25) is 10.0 Å². The molecule has 0 unspecified atom stereocenters. The Morgan fingerprint density at radius 1 is 1.03 bits per heavy atom. The zero-order chi connectivity index (χ0) is 22.3. The molecule has 0 atom stereocenters. The fourth-order valence-electron chi connectivity index (χ4n) is 4.36.